The lowest BCUT2D eigenvalue weighted by atomic mass is 10.2. The van der Waals surface area contributed by atoms with Crippen molar-refractivity contribution in [3.8, 4) is 0 Å². The Hall–Kier alpha value is -0.970. The van der Waals surface area contributed by atoms with Crippen molar-refractivity contribution in [1.29, 1.82) is 0 Å². The first-order valence-electron chi connectivity index (χ1n) is 4.07. The monoisotopic (exact) mass is 261 g/mol. The number of rotatable bonds is 3. The molecule has 0 aliphatic heterocycles. The summed E-state index contributed by atoms with van der Waals surface area (Å²) in [6, 6.07) is 1.51. The average Bonchev–Trinajstić information content (AvgIpc) is 2.18. The van der Waals surface area contributed by atoms with Crippen LogP contribution in [0.2, 0.25) is 0 Å². The normalized spacial score (nSPS) is 9.93. The molecule has 1 aromatic rings. The Morgan fingerprint density at radius 2 is 2.43 bits per heavy atom. The lowest BCUT2D eigenvalue weighted by molar-refractivity contribution is 0.0513. The lowest BCUT2D eigenvalue weighted by Crippen LogP contribution is -2.10. The molecule has 0 aromatic carbocycles. The third-order valence-electron chi connectivity index (χ3n) is 1.58. The summed E-state index contributed by atoms with van der Waals surface area (Å²) in [6.07, 6.45) is 1.38. The van der Waals surface area contributed by atoms with Crippen molar-refractivity contribution >= 4 is 21.9 Å². The summed E-state index contributed by atoms with van der Waals surface area (Å²) in [5.74, 6) is -1.35. The van der Waals surface area contributed by atoms with Gasteiger partial charge in [-0.05, 0) is 13.0 Å². The zero-order chi connectivity index (χ0) is 10.6. The number of esters is 1. The summed E-state index contributed by atoms with van der Waals surface area (Å²) >= 11 is 3.11. The van der Waals surface area contributed by atoms with Gasteiger partial charge in [-0.1, -0.05) is 15.9 Å². The molecule has 0 aliphatic rings. The molecule has 0 saturated heterocycles. The molecule has 0 N–H and O–H groups in total. The van der Waals surface area contributed by atoms with E-state index in [-0.39, 0.29) is 12.3 Å². The van der Waals surface area contributed by atoms with Crippen molar-refractivity contribution in [1.82, 2.24) is 4.98 Å². The molecule has 0 bridgehead atoms. The summed E-state index contributed by atoms with van der Waals surface area (Å²) in [5, 5.41) is 0.341. The third-order valence-corrected chi connectivity index (χ3v) is 2.19. The van der Waals surface area contributed by atoms with Gasteiger partial charge in [0.25, 0.3) is 0 Å². The first kappa shape index (κ1) is 11.1. The van der Waals surface area contributed by atoms with Crippen molar-refractivity contribution in [3.05, 3.63) is 29.3 Å². The minimum atomic E-state index is -0.729. The van der Waals surface area contributed by atoms with E-state index in [4.69, 9.17) is 0 Å². The minimum absolute atomic E-state index is 0.207. The second-order valence-corrected chi connectivity index (χ2v) is 3.05. The highest BCUT2D eigenvalue weighted by Crippen LogP contribution is 2.14. The van der Waals surface area contributed by atoms with Crippen molar-refractivity contribution in [2.75, 3.05) is 6.61 Å². The van der Waals surface area contributed by atoms with E-state index in [1.165, 1.54) is 12.3 Å². The zero-order valence-electron chi connectivity index (χ0n) is 7.59. The summed E-state index contributed by atoms with van der Waals surface area (Å²) < 4.78 is 18.1. The predicted octanol–water partition coefficient (Wildman–Crippen LogP) is 2.29. The fraction of sp³-hybridized carbons (Fsp3) is 0.333. The number of carbonyl (C=O) groups is 1. The van der Waals surface area contributed by atoms with Crippen LogP contribution in [0.15, 0.2) is 12.3 Å². The molecule has 76 valence electrons. The number of ether oxygens (including phenoxy) is 1. The van der Waals surface area contributed by atoms with Gasteiger partial charge in [-0.15, -0.1) is 0 Å². The van der Waals surface area contributed by atoms with Crippen LogP contribution in [0, 0.1) is 5.82 Å². The van der Waals surface area contributed by atoms with Gasteiger partial charge in [-0.3, -0.25) is 0 Å². The van der Waals surface area contributed by atoms with Gasteiger partial charge in [-0.2, -0.15) is 0 Å². The Morgan fingerprint density at radius 3 is 3.00 bits per heavy atom. The highest BCUT2D eigenvalue weighted by Gasteiger charge is 2.16. The minimum Gasteiger partial charge on any atom is -0.461 e. The number of hydrogen-bond acceptors (Lipinski definition) is 3. The summed E-state index contributed by atoms with van der Waals surface area (Å²) in [4.78, 5) is 14.8. The van der Waals surface area contributed by atoms with Crippen LogP contribution in [0.3, 0.4) is 0 Å². The molecule has 3 nitrogen and oxygen atoms in total. The summed E-state index contributed by atoms with van der Waals surface area (Å²) in [6.45, 7) is 1.86. The van der Waals surface area contributed by atoms with Crippen LogP contribution in [0.5, 0.6) is 0 Å². The second-order valence-electron chi connectivity index (χ2n) is 2.49. The standard InChI is InChI=1S/C9H9BrFNO2/c1-2-14-9(13)8-7(11)6(5-10)3-4-12-8/h3-4H,2,5H2,1H3. The predicted molar refractivity (Wildman–Crippen MR) is 52.8 cm³/mol. The molecule has 0 radical (unpaired) electrons. The van der Waals surface area contributed by atoms with E-state index in [1.54, 1.807) is 6.92 Å². The fourth-order valence-corrected chi connectivity index (χ4v) is 1.36. The van der Waals surface area contributed by atoms with Crippen LogP contribution in [0.1, 0.15) is 23.0 Å². The van der Waals surface area contributed by atoms with Crippen LogP contribution < -0.4 is 0 Å². The molecule has 0 aliphatic carbocycles. The lowest BCUT2D eigenvalue weighted by Gasteiger charge is -2.04. The van der Waals surface area contributed by atoms with Crippen LogP contribution in [0.4, 0.5) is 4.39 Å². The smallest absolute Gasteiger partial charge is 0.360 e. The van der Waals surface area contributed by atoms with Gasteiger partial charge in [0, 0.05) is 17.1 Å². The topological polar surface area (TPSA) is 39.2 Å². The maximum atomic E-state index is 13.5. The van der Waals surface area contributed by atoms with Crippen LogP contribution in [-0.4, -0.2) is 17.6 Å². The van der Waals surface area contributed by atoms with Crippen LogP contribution >= 0.6 is 15.9 Å². The number of nitrogens with zero attached hydrogens (tertiary/aromatic N) is 1. The van der Waals surface area contributed by atoms with Gasteiger partial charge in [0.1, 0.15) is 0 Å². The van der Waals surface area contributed by atoms with Gasteiger partial charge < -0.3 is 4.74 Å². The van der Waals surface area contributed by atoms with Crippen molar-refractivity contribution in [3.63, 3.8) is 0 Å². The van der Waals surface area contributed by atoms with E-state index in [0.717, 1.165) is 0 Å². The zero-order valence-corrected chi connectivity index (χ0v) is 9.17. The molecule has 0 fully saturated rings. The Balaban J connectivity index is 3.03. The number of aromatic nitrogens is 1. The van der Waals surface area contributed by atoms with Crippen molar-refractivity contribution in [2.24, 2.45) is 0 Å². The molecule has 0 amide bonds. The molecular weight excluding hydrogens is 253 g/mol. The number of hydrogen-bond donors (Lipinski definition) is 0. The molecule has 5 heteroatoms. The Bertz CT molecular complexity index is 344. The van der Waals surface area contributed by atoms with Gasteiger partial charge in [0.15, 0.2) is 11.5 Å². The van der Waals surface area contributed by atoms with Crippen LogP contribution in [-0.2, 0) is 10.1 Å². The molecule has 14 heavy (non-hydrogen) atoms. The Kier molecular flexibility index (Phi) is 4.00. The molecule has 0 saturated carbocycles. The molecule has 0 spiro atoms. The maximum Gasteiger partial charge on any atom is 0.360 e. The molecule has 0 unspecified atom stereocenters. The molecule has 1 rings (SSSR count). The van der Waals surface area contributed by atoms with E-state index in [9.17, 15) is 9.18 Å². The van der Waals surface area contributed by atoms with Gasteiger partial charge >= 0.3 is 5.97 Å². The highest BCUT2D eigenvalue weighted by molar-refractivity contribution is 9.08. The highest BCUT2D eigenvalue weighted by atomic mass is 79.9. The van der Waals surface area contributed by atoms with E-state index in [1.807, 2.05) is 0 Å². The van der Waals surface area contributed by atoms with Gasteiger partial charge in [-0.25, -0.2) is 14.2 Å². The molecule has 1 heterocycles. The Morgan fingerprint density at radius 1 is 1.71 bits per heavy atom. The van der Waals surface area contributed by atoms with E-state index in [0.29, 0.717) is 10.9 Å². The number of carbonyl (C=O) groups excluding carboxylic acids is 1. The van der Waals surface area contributed by atoms with Crippen molar-refractivity contribution in [2.45, 2.75) is 12.3 Å². The molecular formula is C9H9BrFNO2. The third kappa shape index (κ3) is 2.29. The fourth-order valence-electron chi connectivity index (χ4n) is 0.929. The van der Waals surface area contributed by atoms with E-state index in [2.05, 4.69) is 25.7 Å². The summed E-state index contributed by atoms with van der Waals surface area (Å²) in [5.41, 5.74) is 0.131. The van der Waals surface area contributed by atoms with E-state index >= 15 is 0 Å². The molecule has 0 atom stereocenters. The number of halogens is 2. The molecule has 1 aromatic heterocycles. The second kappa shape index (κ2) is 5.05. The quantitative estimate of drug-likeness (QED) is 0.619. The van der Waals surface area contributed by atoms with Gasteiger partial charge in [0.05, 0.1) is 6.61 Å². The average molecular weight is 262 g/mol. The maximum absolute atomic E-state index is 13.5. The summed E-state index contributed by atoms with van der Waals surface area (Å²) in [7, 11) is 0. The SMILES string of the molecule is CCOC(=O)c1nccc(CBr)c1F. The Labute approximate surface area is 89.4 Å². The van der Waals surface area contributed by atoms with Crippen LogP contribution in [0.25, 0.3) is 0 Å². The largest absolute Gasteiger partial charge is 0.461 e. The number of pyridine rings is 1. The van der Waals surface area contributed by atoms with E-state index < -0.39 is 11.8 Å². The first-order chi connectivity index (χ1) is 6.70. The van der Waals surface area contributed by atoms with Gasteiger partial charge in [0.2, 0.25) is 0 Å². The number of alkyl halides is 1. The first-order valence-corrected chi connectivity index (χ1v) is 5.19. The van der Waals surface area contributed by atoms with Crippen molar-refractivity contribution < 1.29 is 13.9 Å².